The van der Waals surface area contributed by atoms with Crippen LogP contribution in [0.3, 0.4) is 0 Å². The van der Waals surface area contributed by atoms with Crippen LogP contribution in [-0.2, 0) is 22.4 Å². The second-order valence-electron chi connectivity index (χ2n) is 7.19. The first-order chi connectivity index (χ1) is 15.0. The van der Waals surface area contributed by atoms with Crippen molar-refractivity contribution in [3.05, 3.63) is 50.4 Å². The van der Waals surface area contributed by atoms with Gasteiger partial charge in [-0.3, -0.25) is 4.79 Å². The summed E-state index contributed by atoms with van der Waals surface area (Å²) in [4.78, 5) is 36.2. The molecular formula is C21H23ClN4O4S. The van der Waals surface area contributed by atoms with Crippen molar-refractivity contribution in [1.82, 2.24) is 20.2 Å². The first-order valence-corrected chi connectivity index (χ1v) is 11.2. The molecular weight excluding hydrogens is 440 g/mol. The van der Waals surface area contributed by atoms with Gasteiger partial charge in [0, 0.05) is 23.6 Å². The highest BCUT2D eigenvalue weighted by Crippen LogP contribution is 2.29. The van der Waals surface area contributed by atoms with Gasteiger partial charge in [0.25, 0.3) is 5.91 Å². The maximum Gasteiger partial charge on any atom is 0.410 e. The van der Waals surface area contributed by atoms with Gasteiger partial charge in [0.15, 0.2) is 0 Å². The lowest BCUT2D eigenvalue weighted by atomic mass is 10.1. The molecule has 1 atom stereocenters. The molecule has 0 radical (unpaired) electrons. The van der Waals surface area contributed by atoms with Gasteiger partial charge in [-0.15, -0.1) is 11.3 Å². The summed E-state index contributed by atoms with van der Waals surface area (Å²) in [6.45, 7) is 3.42. The quantitative estimate of drug-likeness (QED) is 0.579. The third kappa shape index (κ3) is 4.68. The van der Waals surface area contributed by atoms with E-state index in [-0.39, 0.29) is 18.6 Å². The number of carbonyl (C=O) groups is 2. The van der Waals surface area contributed by atoms with E-state index in [2.05, 4.69) is 15.3 Å². The molecule has 2 amide bonds. The maximum absolute atomic E-state index is 13.0. The number of methoxy groups -OCH3 is 1. The smallest absolute Gasteiger partial charge is 0.410 e. The highest BCUT2D eigenvalue weighted by Gasteiger charge is 2.26. The fourth-order valence-electron chi connectivity index (χ4n) is 3.56. The number of imidazole rings is 1. The Morgan fingerprint density at radius 1 is 1.39 bits per heavy atom. The number of aromatic nitrogens is 2. The number of thiophene rings is 1. The van der Waals surface area contributed by atoms with E-state index in [1.54, 1.807) is 31.1 Å². The van der Waals surface area contributed by atoms with Crippen LogP contribution in [0.25, 0.3) is 11.0 Å². The lowest BCUT2D eigenvalue weighted by molar-refractivity contribution is 0.0896. The molecule has 3 heterocycles. The summed E-state index contributed by atoms with van der Waals surface area (Å²) < 4.78 is 10.4. The number of fused-ring (bicyclic) bond motifs is 2. The minimum absolute atomic E-state index is 0.206. The van der Waals surface area contributed by atoms with Gasteiger partial charge in [-0.25, -0.2) is 9.78 Å². The molecule has 0 bridgehead atoms. The van der Waals surface area contributed by atoms with E-state index in [0.29, 0.717) is 41.8 Å². The number of benzene rings is 1. The molecule has 0 unspecified atom stereocenters. The van der Waals surface area contributed by atoms with Crippen molar-refractivity contribution in [3.63, 3.8) is 0 Å². The van der Waals surface area contributed by atoms with Gasteiger partial charge in [-0.2, -0.15) is 0 Å². The average molecular weight is 463 g/mol. The summed E-state index contributed by atoms with van der Waals surface area (Å²) in [5.74, 6) is 0.393. The van der Waals surface area contributed by atoms with Crippen LogP contribution >= 0.6 is 22.9 Å². The molecule has 3 aromatic rings. The second-order valence-corrected chi connectivity index (χ2v) is 8.77. The highest BCUT2D eigenvalue weighted by molar-refractivity contribution is 7.14. The molecule has 2 N–H and O–H groups in total. The van der Waals surface area contributed by atoms with Crippen molar-refractivity contribution in [1.29, 1.82) is 0 Å². The first kappa shape index (κ1) is 21.6. The minimum Gasteiger partial charge on any atom is -0.450 e. The van der Waals surface area contributed by atoms with Crippen LogP contribution in [-0.4, -0.2) is 53.7 Å². The number of nitrogens with zero attached hydrogens (tertiary/aromatic N) is 2. The van der Waals surface area contributed by atoms with Gasteiger partial charge in [-0.1, -0.05) is 11.6 Å². The molecule has 1 aromatic carbocycles. The van der Waals surface area contributed by atoms with Crippen LogP contribution in [0.5, 0.6) is 0 Å². The molecule has 0 saturated carbocycles. The van der Waals surface area contributed by atoms with Crippen molar-refractivity contribution in [2.24, 2.45) is 0 Å². The Bertz CT molecular complexity index is 1110. The van der Waals surface area contributed by atoms with E-state index in [1.807, 2.05) is 12.1 Å². The number of rotatable bonds is 6. The third-order valence-corrected chi connectivity index (χ3v) is 6.52. The van der Waals surface area contributed by atoms with Crippen molar-refractivity contribution < 1.29 is 19.1 Å². The van der Waals surface area contributed by atoms with Crippen molar-refractivity contribution in [3.8, 4) is 0 Å². The number of H-pyrrole nitrogens is 1. The Hall–Kier alpha value is -2.62. The zero-order valence-electron chi connectivity index (χ0n) is 17.2. The fraction of sp³-hybridized carbons (Fsp3) is 0.381. The molecule has 164 valence electrons. The SMILES string of the molecule is CCOC(=O)N1CCc2sc(C(=O)N[C@@H](COC)c3nc4cc(Cl)ccc4[nH]3)cc2C1. The number of amides is 2. The fourth-order valence-corrected chi connectivity index (χ4v) is 4.80. The Morgan fingerprint density at radius 3 is 3.00 bits per heavy atom. The van der Waals surface area contributed by atoms with Gasteiger partial charge in [0.2, 0.25) is 0 Å². The number of aromatic amines is 1. The largest absolute Gasteiger partial charge is 0.450 e. The Morgan fingerprint density at radius 2 is 2.23 bits per heavy atom. The summed E-state index contributed by atoms with van der Waals surface area (Å²) >= 11 is 7.50. The van der Waals surface area contributed by atoms with Gasteiger partial charge in [0.1, 0.15) is 11.9 Å². The molecule has 0 saturated heterocycles. The van der Waals surface area contributed by atoms with Crippen LogP contribution in [0.4, 0.5) is 4.79 Å². The van der Waals surface area contributed by atoms with E-state index in [9.17, 15) is 9.59 Å². The molecule has 1 aliphatic heterocycles. The average Bonchev–Trinajstić information content (AvgIpc) is 3.36. The maximum atomic E-state index is 13.0. The highest BCUT2D eigenvalue weighted by atomic mass is 35.5. The zero-order chi connectivity index (χ0) is 22.0. The second kappa shape index (κ2) is 9.25. The van der Waals surface area contributed by atoms with Crippen LogP contribution in [0.2, 0.25) is 5.02 Å². The molecule has 0 fully saturated rings. The monoisotopic (exact) mass is 462 g/mol. The van der Waals surface area contributed by atoms with E-state index in [4.69, 9.17) is 21.1 Å². The third-order valence-electron chi connectivity index (χ3n) is 5.05. The topological polar surface area (TPSA) is 96.6 Å². The molecule has 31 heavy (non-hydrogen) atoms. The van der Waals surface area contributed by atoms with Crippen molar-refractivity contribution in [2.75, 3.05) is 26.9 Å². The number of nitrogens with one attached hydrogen (secondary N) is 2. The van der Waals surface area contributed by atoms with Crippen molar-refractivity contribution >= 4 is 46.0 Å². The molecule has 1 aliphatic rings. The lowest BCUT2D eigenvalue weighted by Gasteiger charge is -2.25. The van der Waals surface area contributed by atoms with Gasteiger partial charge in [-0.05, 0) is 43.2 Å². The molecule has 4 rings (SSSR count). The number of hydrogen-bond donors (Lipinski definition) is 2. The Labute approximate surface area is 188 Å². The first-order valence-electron chi connectivity index (χ1n) is 9.96. The lowest BCUT2D eigenvalue weighted by Crippen LogP contribution is -2.35. The molecule has 0 spiro atoms. The molecule has 0 aliphatic carbocycles. The predicted octanol–water partition coefficient (Wildman–Crippen LogP) is 3.91. The molecule has 10 heteroatoms. The summed E-state index contributed by atoms with van der Waals surface area (Å²) in [5, 5.41) is 3.60. The Balaban J connectivity index is 1.50. The zero-order valence-corrected chi connectivity index (χ0v) is 18.8. The standard InChI is InChI=1S/C21H23ClN4O4S/c1-3-30-21(28)26-7-6-17-12(10-26)8-18(31-17)20(27)25-16(11-29-2)19-23-14-5-4-13(22)9-15(14)24-19/h4-5,8-9,16H,3,6-7,10-11H2,1-2H3,(H,23,24)(H,25,27)/t16-/m0/s1. The van der Waals surface area contributed by atoms with Gasteiger partial charge >= 0.3 is 6.09 Å². The predicted molar refractivity (Wildman–Crippen MR) is 119 cm³/mol. The van der Waals surface area contributed by atoms with Gasteiger partial charge < -0.3 is 24.7 Å². The molecule has 2 aromatic heterocycles. The number of halogens is 1. The number of ether oxygens (including phenoxy) is 2. The van der Waals surface area contributed by atoms with Crippen molar-refractivity contribution in [2.45, 2.75) is 25.9 Å². The summed E-state index contributed by atoms with van der Waals surface area (Å²) in [5.41, 5.74) is 2.54. The van der Waals surface area contributed by atoms with E-state index in [1.165, 1.54) is 11.3 Å². The van der Waals surface area contributed by atoms with E-state index < -0.39 is 6.04 Å². The van der Waals surface area contributed by atoms with Crippen LogP contribution in [0, 0.1) is 0 Å². The van der Waals surface area contributed by atoms with Crippen LogP contribution in [0.15, 0.2) is 24.3 Å². The minimum atomic E-state index is -0.446. The Kier molecular flexibility index (Phi) is 6.45. The summed E-state index contributed by atoms with van der Waals surface area (Å²) in [6.07, 6.45) is 0.383. The summed E-state index contributed by atoms with van der Waals surface area (Å²) in [7, 11) is 1.58. The van der Waals surface area contributed by atoms with E-state index >= 15 is 0 Å². The number of carbonyl (C=O) groups excluding carboxylic acids is 2. The summed E-state index contributed by atoms with van der Waals surface area (Å²) in [6, 6.07) is 6.81. The molecule has 8 nitrogen and oxygen atoms in total. The van der Waals surface area contributed by atoms with Crippen LogP contribution < -0.4 is 5.32 Å². The van der Waals surface area contributed by atoms with E-state index in [0.717, 1.165) is 21.5 Å². The van der Waals surface area contributed by atoms with Gasteiger partial charge in [0.05, 0.1) is 35.7 Å². The normalized spacial score (nSPS) is 14.4. The van der Waals surface area contributed by atoms with Crippen LogP contribution in [0.1, 0.15) is 38.9 Å². The number of hydrogen-bond acceptors (Lipinski definition) is 6.